The summed E-state index contributed by atoms with van der Waals surface area (Å²) < 4.78 is 1.73. The minimum Gasteiger partial charge on any atom is -0.353 e. The zero-order valence-corrected chi connectivity index (χ0v) is 13.7. The van der Waals surface area contributed by atoms with Crippen molar-refractivity contribution >= 4 is 16.8 Å². The molecule has 1 aromatic carbocycles. The number of fused-ring (bicyclic) bond motifs is 1. The van der Waals surface area contributed by atoms with E-state index in [1.54, 1.807) is 4.57 Å². The highest BCUT2D eigenvalue weighted by atomic mass is 16.2. The van der Waals surface area contributed by atoms with Crippen molar-refractivity contribution in [3.8, 4) is 0 Å². The highest BCUT2D eigenvalue weighted by Gasteiger charge is 2.16. The smallest absolute Gasteiger partial charge is 0.253 e. The molecule has 0 aliphatic heterocycles. The summed E-state index contributed by atoms with van der Waals surface area (Å²) in [6.45, 7) is 2.26. The number of carbonyl (C=O) groups excluding carboxylic acids is 1. The number of hydrogen-bond donors (Lipinski definition) is 1. The molecule has 2 aromatic rings. The van der Waals surface area contributed by atoms with Crippen LogP contribution >= 0.6 is 0 Å². The van der Waals surface area contributed by atoms with Crippen LogP contribution in [0.15, 0.2) is 35.1 Å². The number of aromatic nitrogens is 1. The van der Waals surface area contributed by atoms with Gasteiger partial charge in [-0.05, 0) is 37.3 Å². The molecule has 0 atom stereocenters. The number of aryl methyl sites for hydroxylation is 2. The number of pyridine rings is 1. The summed E-state index contributed by atoms with van der Waals surface area (Å²) >= 11 is 0. The van der Waals surface area contributed by atoms with Gasteiger partial charge in [0.25, 0.3) is 5.56 Å². The van der Waals surface area contributed by atoms with Crippen molar-refractivity contribution in [2.45, 2.75) is 58.0 Å². The second-order valence-corrected chi connectivity index (χ2v) is 6.50. The highest BCUT2D eigenvalue weighted by molar-refractivity contribution is 5.80. The Balaban J connectivity index is 1.72. The molecule has 1 amide bonds. The SMILES string of the molecule is Cc1cc2ccccc2n(CCC(=O)NC2CCCCC2)c1=O. The van der Waals surface area contributed by atoms with Gasteiger partial charge in [0.2, 0.25) is 5.91 Å². The standard InChI is InChI=1S/C19H24N2O2/c1-14-13-15-7-5-6-10-17(15)21(19(14)23)12-11-18(22)20-16-8-3-2-4-9-16/h5-7,10,13,16H,2-4,8-9,11-12H2,1H3,(H,20,22). The maximum Gasteiger partial charge on any atom is 0.253 e. The quantitative estimate of drug-likeness (QED) is 0.943. The van der Waals surface area contributed by atoms with Gasteiger partial charge in [-0.25, -0.2) is 0 Å². The van der Waals surface area contributed by atoms with Gasteiger partial charge < -0.3 is 9.88 Å². The van der Waals surface area contributed by atoms with E-state index in [1.165, 1.54) is 19.3 Å². The maximum absolute atomic E-state index is 12.4. The lowest BCUT2D eigenvalue weighted by Gasteiger charge is -2.23. The first-order chi connectivity index (χ1) is 11.1. The van der Waals surface area contributed by atoms with Crippen LogP contribution in [0, 0.1) is 6.92 Å². The van der Waals surface area contributed by atoms with Gasteiger partial charge in [-0.1, -0.05) is 37.5 Å². The van der Waals surface area contributed by atoms with Crippen molar-refractivity contribution in [1.82, 2.24) is 9.88 Å². The van der Waals surface area contributed by atoms with E-state index >= 15 is 0 Å². The number of carbonyl (C=O) groups is 1. The first kappa shape index (κ1) is 15.8. The molecule has 1 aromatic heterocycles. The Morgan fingerprint density at radius 1 is 1.22 bits per heavy atom. The Labute approximate surface area is 136 Å². The Kier molecular flexibility index (Phi) is 4.79. The number of para-hydroxylation sites is 1. The molecule has 4 nitrogen and oxygen atoms in total. The molecule has 0 spiro atoms. The van der Waals surface area contributed by atoms with Crippen LogP contribution in [0.3, 0.4) is 0 Å². The summed E-state index contributed by atoms with van der Waals surface area (Å²) in [5.74, 6) is 0.0504. The van der Waals surface area contributed by atoms with Crippen LogP contribution in [-0.2, 0) is 11.3 Å². The minimum absolute atomic E-state index is 0.00540. The lowest BCUT2D eigenvalue weighted by atomic mass is 9.95. The van der Waals surface area contributed by atoms with Gasteiger partial charge in [-0.15, -0.1) is 0 Å². The third-order valence-electron chi connectivity index (χ3n) is 4.71. The average molecular weight is 312 g/mol. The van der Waals surface area contributed by atoms with E-state index in [9.17, 15) is 9.59 Å². The van der Waals surface area contributed by atoms with Crippen molar-refractivity contribution in [1.29, 1.82) is 0 Å². The second-order valence-electron chi connectivity index (χ2n) is 6.50. The Morgan fingerprint density at radius 2 is 1.96 bits per heavy atom. The van der Waals surface area contributed by atoms with Crippen LogP contribution in [0.2, 0.25) is 0 Å². The lowest BCUT2D eigenvalue weighted by Crippen LogP contribution is -2.37. The number of amides is 1. The molecule has 0 saturated heterocycles. The number of nitrogens with zero attached hydrogens (tertiary/aromatic N) is 1. The van der Waals surface area contributed by atoms with Gasteiger partial charge in [0.05, 0.1) is 5.52 Å². The molecule has 0 unspecified atom stereocenters. The summed E-state index contributed by atoms with van der Waals surface area (Å²) in [7, 11) is 0. The molecule has 1 aliphatic rings. The molecule has 0 bridgehead atoms. The molecule has 1 N–H and O–H groups in total. The van der Waals surface area contributed by atoms with Crippen molar-refractivity contribution in [3.05, 3.63) is 46.2 Å². The van der Waals surface area contributed by atoms with Gasteiger partial charge in [0, 0.05) is 24.6 Å². The zero-order valence-electron chi connectivity index (χ0n) is 13.7. The number of rotatable bonds is 4. The predicted molar refractivity (Wildman–Crippen MR) is 92.6 cm³/mol. The Morgan fingerprint density at radius 3 is 2.74 bits per heavy atom. The molecule has 1 saturated carbocycles. The molecule has 4 heteroatoms. The van der Waals surface area contributed by atoms with Gasteiger partial charge in [0.1, 0.15) is 0 Å². The topological polar surface area (TPSA) is 51.1 Å². The Bertz CT molecular complexity index is 758. The molecular weight excluding hydrogens is 288 g/mol. The molecule has 1 fully saturated rings. The van der Waals surface area contributed by atoms with E-state index in [0.29, 0.717) is 19.0 Å². The van der Waals surface area contributed by atoms with E-state index in [-0.39, 0.29) is 11.5 Å². The van der Waals surface area contributed by atoms with Crippen molar-refractivity contribution in [3.63, 3.8) is 0 Å². The highest BCUT2D eigenvalue weighted by Crippen LogP contribution is 2.17. The van der Waals surface area contributed by atoms with Gasteiger partial charge in [-0.3, -0.25) is 9.59 Å². The fraction of sp³-hybridized carbons (Fsp3) is 0.474. The van der Waals surface area contributed by atoms with Crippen LogP contribution in [0.1, 0.15) is 44.1 Å². The third-order valence-corrected chi connectivity index (χ3v) is 4.71. The fourth-order valence-electron chi connectivity index (χ4n) is 3.45. The first-order valence-corrected chi connectivity index (χ1v) is 8.54. The summed E-state index contributed by atoms with van der Waals surface area (Å²) in [6, 6.07) is 10.1. The minimum atomic E-state index is -0.00540. The van der Waals surface area contributed by atoms with Gasteiger partial charge >= 0.3 is 0 Å². The van der Waals surface area contributed by atoms with Crippen molar-refractivity contribution < 1.29 is 4.79 Å². The van der Waals surface area contributed by atoms with E-state index < -0.39 is 0 Å². The lowest BCUT2D eigenvalue weighted by molar-refractivity contribution is -0.122. The summed E-state index contributed by atoms with van der Waals surface area (Å²) in [5.41, 5.74) is 1.61. The first-order valence-electron chi connectivity index (χ1n) is 8.54. The molecule has 3 rings (SSSR count). The molecule has 0 radical (unpaired) electrons. The van der Waals surface area contributed by atoms with Gasteiger partial charge in [-0.2, -0.15) is 0 Å². The third kappa shape index (κ3) is 3.63. The van der Waals surface area contributed by atoms with E-state index in [4.69, 9.17) is 0 Å². The van der Waals surface area contributed by atoms with Crippen LogP contribution in [0.4, 0.5) is 0 Å². The summed E-state index contributed by atoms with van der Waals surface area (Å²) in [4.78, 5) is 24.6. The van der Waals surface area contributed by atoms with E-state index in [2.05, 4.69) is 5.32 Å². The van der Waals surface area contributed by atoms with Crippen LogP contribution < -0.4 is 10.9 Å². The molecule has 1 aliphatic carbocycles. The fourth-order valence-corrected chi connectivity index (χ4v) is 3.45. The van der Waals surface area contributed by atoms with Crippen LogP contribution in [-0.4, -0.2) is 16.5 Å². The second kappa shape index (κ2) is 6.99. The monoisotopic (exact) mass is 312 g/mol. The van der Waals surface area contributed by atoms with Crippen LogP contribution in [0.5, 0.6) is 0 Å². The number of nitrogens with one attached hydrogen (secondary N) is 1. The van der Waals surface area contributed by atoms with Gasteiger partial charge in [0.15, 0.2) is 0 Å². The average Bonchev–Trinajstić information content (AvgIpc) is 2.56. The Hall–Kier alpha value is -2.10. The molecule has 1 heterocycles. The summed E-state index contributed by atoms with van der Waals surface area (Å²) in [6.07, 6.45) is 6.19. The molecular formula is C19H24N2O2. The number of hydrogen-bond acceptors (Lipinski definition) is 2. The van der Waals surface area contributed by atoms with E-state index in [0.717, 1.165) is 29.3 Å². The molecule has 122 valence electrons. The van der Waals surface area contributed by atoms with Crippen molar-refractivity contribution in [2.24, 2.45) is 0 Å². The van der Waals surface area contributed by atoms with Crippen molar-refractivity contribution in [2.75, 3.05) is 0 Å². The number of benzene rings is 1. The summed E-state index contributed by atoms with van der Waals surface area (Å²) in [5, 5.41) is 4.16. The normalized spacial score (nSPS) is 15.7. The zero-order chi connectivity index (χ0) is 16.2. The largest absolute Gasteiger partial charge is 0.353 e. The molecule has 23 heavy (non-hydrogen) atoms. The predicted octanol–water partition coefficient (Wildman–Crippen LogP) is 3.15. The maximum atomic E-state index is 12.4. The van der Waals surface area contributed by atoms with E-state index in [1.807, 2.05) is 37.3 Å². The van der Waals surface area contributed by atoms with Crippen LogP contribution in [0.25, 0.3) is 10.9 Å².